The number of hydrogen-bond donors (Lipinski definition) is 2. The standard InChI is InChI=1S/C16H18N2O2S/c1-16(2,10-19)17-9-11-7-8-13(20-11)15-18-12-5-3-4-6-14(12)21-15/h3-8,17,19H,9-10H2,1-2H3. The molecule has 110 valence electrons. The molecule has 0 amide bonds. The van der Waals surface area contributed by atoms with Crippen LogP contribution in [0.15, 0.2) is 40.8 Å². The smallest absolute Gasteiger partial charge is 0.163 e. The van der Waals surface area contributed by atoms with Gasteiger partial charge in [-0.25, -0.2) is 4.98 Å². The lowest BCUT2D eigenvalue weighted by molar-refractivity contribution is 0.184. The highest BCUT2D eigenvalue weighted by Gasteiger charge is 2.16. The van der Waals surface area contributed by atoms with Crippen LogP contribution < -0.4 is 5.32 Å². The molecule has 0 fully saturated rings. The Labute approximate surface area is 127 Å². The number of rotatable bonds is 5. The Hall–Kier alpha value is -1.69. The van der Waals surface area contributed by atoms with Gasteiger partial charge in [-0.05, 0) is 38.1 Å². The van der Waals surface area contributed by atoms with E-state index in [1.54, 1.807) is 11.3 Å². The predicted octanol–water partition coefficient (Wildman–Crippen LogP) is 3.42. The highest BCUT2D eigenvalue weighted by Crippen LogP contribution is 2.31. The molecule has 0 aliphatic carbocycles. The fraction of sp³-hybridized carbons (Fsp3) is 0.312. The second kappa shape index (κ2) is 5.60. The van der Waals surface area contributed by atoms with Crippen molar-refractivity contribution >= 4 is 21.6 Å². The summed E-state index contributed by atoms with van der Waals surface area (Å²) in [7, 11) is 0. The van der Waals surface area contributed by atoms with E-state index in [2.05, 4.69) is 16.4 Å². The number of nitrogens with one attached hydrogen (secondary N) is 1. The molecule has 0 saturated heterocycles. The van der Waals surface area contributed by atoms with Crippen LogP contribution in [0.1, 0.15) is 19.6 Å². The van der Waals surface area contributed by atoms with Crippen LogP contribution in [-0.2, 0) is 6.54 Å². The number of hydrogen-bond acceptors (Lipinski definition) is 5. The minimum atomic E-state index is -0.317. The third kappa shape index (κ3) is 3.15. The summed E-state index contributed by atoms with van der Waals surface area (Å²) in [6, 6.07) is 12.0. The van der Waals surface area contributed by atoms with Crippen molar-refractivity contribution in [2.45, 2.75) is 25.9 Å². The fourth-order valence-corrected chi connectivity index (χ4v) is 2.88. The number of para-hydroxylation sites is 1. The molecule has 2 heterocycles. The van der Waals surface area contributed by atoms with Gasteiger partial charge in [-0.2, -0.15) is 0 Å². The summed E-state index contributed by atoms with van der Waals surface area (Å²) < 4.78 is 7.00. The van der Waals surface area contributed by atoms with Crippen LogP contribution in [0, 0.1) is 0 Å². The highest BCUT2D eigenvalue weighted by molar-refractivity contribution is 7.21. The van der Waals surface area contributed by atoms with Gasteiger partial charge >= 0.3 is 0 Å². The molecule has 3 aromatic rings. The molecule has 0 unspecified atom stereocenters. The van der Waals surface area contributed by atoms with Crippen molar-refractivity contribution in [3.05, 3.63) is 42.2 Å². The zero-order valence-electron chi connectivity index (χ0n) is 12.1. The van der Waals surface area contributed by atoms with Crippen molar-refractivity contribution < 1.29 is 9.52 Å². The fourth-order valence-electron chi connectivity index (χ4n) is 1.95. The lowest BCUT2D eigenvalue weighted by atomic mass is 10.1. The lowest BCUT2D eigenvalue weighted by Crippen LogP contribution is -2.41. The van der Waals surface area contributed by atoms with Crippen LogP contribution in [0.4, 0.5) is 0 Å². The summed E-state index contributed by atoms with van der Waals surface area (Å²) in [5.74, 6) is 1.63. The second-order valence-corrected chi connectivity index (χ2v) is 6.68. The van der Waals surface area contributed by atoms with E-state index < -0.39 is 0 Å². The zero-order chi connectivity index (χ0) is 14.9. The number of aliphatic hydroxyl groups is 1. The van der Waals surface area contributed by atoms with Crippen molar-refractivity contribution in [2.24, 2.45) is 0 Å². The molecule has 2 N–H and O–H groups in total. The van der Waals surface area contributed by atoms with Crippen LogP contribution in [0.5, 0.6) is 0 Å². The first-order chi connectivity index (χ1) is 10.1. The number of nitrogens with zero attached hydrogens (tertiary/aromatic N) is 1. The Bertz CT molecular complexity index is 712. The first-order valence-electron chi connectivity index (χ1n) is 6.88. The second-order valence-electron chi connectivity index (χ2n) is 5.65. The number of benzene rings is 1. The van der Waals surface area contributed by atoms with Gasteiger partial charge in [0.25, 0.3) is 0 Å². The van der Waals surface area contributed by atoms with Crippen molar-refractivity contribution in [3.8, 4) is 10.8 Å². The van der Waals surface area contributed by atoms with Gasteiger partial charge in [0.15, 0.2) is 10.8 Å². The van der Waals surface area contributed by atoms with E-state index in [0.717, 1.165) is 26.7 Å². The van der Waals surface area contributed by atoms with Gasteiger partial charge in [-0.1, -0.05) is 12.1 Å². The van der Waals surface area contributed by atoms with E-state index in [4.69, 9.17) is 4.42 Å². The topological polar surface area (TPSA) is 58.3 Å². The molecule has 0 saturated carbocycles. The molecule has 5 heteroatoms. The number of furan rings is 1. The minimum Gasteiger partial charge on any atom is -0.457 e. The summed E-state index contributed by atoms with van der Waals surface area (Å²) in [5, 5.41) is 13.4. The van der Waals surface area contributed by atoms with Crippen molar-refractivity contribution in [1.29, 1.82) is 0 Å². The average molecular weight is 302 g/mol. The molecular formula is C16H18N2O2S. The Balaban J connectivity index is 1.78. The first kappa shape index (κ1) is 14.3. The monoisotopic (exact) mass is 302 g/mol. The van der Waals surface area contributed by atoms with Gasteiger partial charge in [-0.3, -0.25) is 0 Å². The number of aliphatic hydroxyl groups excluding tert-OH is 1. The summed E-state index contributed by atoms with van der Waals surface area (Å²) in [5.41, 5.74) is 0.679. The number of aromatic nitrogens is 1. The maximum absolute atomic E-state index is 9.23. The van der Waals surface area contributed by atoms with Gasteiger partial charge < -0.3 is 14.8 Å². The van der Waals surface area contributed by atoms with Crippen molar-refractivity contribution in [1.82, 2.24) is 10.3 Å². The van der Waals surface area contributed by atoms with Gasteiger partial charge in [0, 0.05) is 5.54 Å². The van der Waals surface area contributed by atoms with E-state index >= 15 is 0 Å². The van der Waals surface area contributed by atoms with Crippen molar-refractivity contribution in [3.63, 3.8) is 0 Å². The molecule has 21 heavy (non-hydrogen) atoms. The Kier molecular flexibility index (Phi) is 3.80. The molecule has 2 aromatic heterocycles. The van der Waals surface area contributed by atoms with Crippen LogP contribution in [0.2, 0.25) is 0 Å². The summed E-state index contributed by atoms with van der Waals surface area (Å²) in [4.78, 5) is 4.59. The zero-order valence-corrected chi connectivity index (χ0v) is 12.9. The molecule has 3 rings (SSSR count). The molecule has 0 aliphatic heterocycles. The average Bonchev–Trinajstić information content (AvgIpc) is 3.11. The summed E-state index contributed by atoms with van der Waals surface area (Å²) in [6.07, 6.45) is 0. The Morgan fingerprint density at radius 3 is 2.81 bits per heavy atom. The Morgan fingerprint density at radius 1 is 1.24 bits per heavy atom. The predicted molar refractivity (Wildman–Crippen MR) is 85.3 cm³/mol. The molecule has 0 aliphatic rings. The highest BCUT2D eigenvalue weighted by atomic mass is 32.1. The largest absolute Gasteiger partial charge is 0.457 e. The molecule has 0 bridgehead atoms. The Morgan fingerprint density at radius 2 is 2.05 bits per heavy atom. The van der Waals surface area contributed by atoms with Crippen LogP contribution in [-0.4, -0.2) is 22.2 Å². The van der Waals surface area contributed by atoms with E-state index in [9.17, 15) is 5.11 Å². The SMILES string of the molecule is CC(C)(CO)NCc1ccc(-c2nc3ccccc3s2)o1. The number of fused-ring (bicyclic) bond motifs is 1. The van der Waals surface area contributed by atoms with Gasteiger partial charge in [-0.15, -0.1) is 11.3 Å². The molecule has 0 radical (unpaired) electrons. The van der Waals surface area contributed by atoms with Crippen LogP contribution in [0.25, 0.3) is 21.0 Å². The normalized spacial score (nSPS) is 12.1. The van der Waals surface area contributed by atoms with E-state index in [1.807, 2.05) is 44.2 Å². The molecule has 0 spiro atoms. The molecule has 0 atom stereocenters. The maximum atomic E-state index is 9.23. The minimum absolute atomic E-state index is 0.0818. The summed E-state index contributed by atoms with van der Waals surface area (Å²) >= 11 is 1.63. The van der Waals surface area contributed by atoms with E-state index in [0.29, 0.717) is 6.54 Å². The van der Waals surface area contributed by atoms with Gasteiger partial charge in [0.05, 0.1) is 23.4 Å². The van der Waals surface area contributed by atoms with E-state index in [1.165, 1.54) is 0 Å². The van der Waals surface area contributed by atoms with Gasteiger partial charge in [0.2, 0.25) is 0 Å². The lowest BCUT2D eigenvalue weighted by Gasteiger charge is -2.22. The van der Waals surface area contributed by atoms with Crippen LogP contribution >= 0.6 is 11.3 Å². The molecule has 1 aromatic carbocycles. The number of thiazole rings is 1. The maximum Gasteiger partial charge on any atom is 0.163 e. The van der Waals surface area contributed by atoms with Crippen LogP contribution in [0.3, 0.4) is 0 Å². The molecule has 4 nitrogen and oxygen atoms in total. The van der Waals surface area contributed by atoms with Gasteiger partial charge in [0.1, 0.15) is 5.76 Å². The first-order valence-corrected chi connectivity index (χ1v) is 7.70. The molecular weight excluding hydrogens is 284 g/mol. The summed E-state index contributed by atoms with van der Waals surface area (Å²) in [6.45, 7) is 4.56. The van der Waals surface area contributed by atoms with E-state index in [-0.39, 0.29) is 12.1 Å². The van der Waals surface area contributed by atoms with Crippen molar-refractivity contribution in [2.75, 3.05) is 6.61 Å². The quantitative estimate of drug-likeness (QED) is 0.758. The third-order valence-electron chi connectivity index (χ3n) is 3.30. The third-order valence-corrected chi connectivity index (χ3v) is 4.35.